The monoisotopic (exact) mass is 284 g/mol. The fraction of sp³-hybridized carbons (Fsp3) is 0. The molecule has 2 heteroatoms. The lowest BCUT2D eigenvalue weighted by Gasteiger charge is -2.15. The van der Waals surface area contributed by atoms with Crippen molar-refractivity contribution in [1.82, 2.24) is 0 Å². The molecule has 0 aromatic heterocycles. The molecule has 0 unspecified atom stereocenters. The summed E-state index contributed by atoms with van der Waals surface area (Å²) in [7, 11) is 0. The molecule has 22 heavy (non-hydrogen) atoms. The Morgan fingerprint density at radius 2 is 1.14 bits per heavy atom. The van der Waals surface area contributed by atoms with E-state index in [4.69, 9.17) is 0 Å². The van der Waals surface area contributed by atoms with Gasteiger partial charge in [0.05, 0.1) is 0 Å². The molecule has 0 atom stereocenters. The molecule has 0 amide bonds. The summed E-state index contributed by atoms with van der Waals surface area (Å²) in [4.78, 5) is 0. The van der Waals surface area contributed by atoms with Gasteiger partial charge in [0, 0.05) is 21.5 Å². The molecular weight excluding hydrogens is 272 g/mol. The molecule has 2 N–H and O–H groups in total. The van der Waals surface area contributed by atoms with E-state index < -0.39 is 0 Å². The summed E-state index contributed by atoms with van der Waals surface area (Å²) in [6.07, 6.45) is 0. The maximum absolute atomic E-state index is 10.5. The molecule has 0 spiro atoms. The Kier molecular flexibility index (Phi) is 2.01. The second-order valence-electron chi connectivity index (χ2n) is 5.72. The summed E-state index contributed by atoms with van der Waals surface area (Å²) in [5, 5.41) is 28.7. The van der Waals surface area contributed by atoms with Crippen molar-refractivity contribution >= 4 is 43.1 Å². The molecule has 104 valence electrons. The number of aromatic hydroxyl groups is 2. The first-order chi connectivity index (χ1) is 10.8. The number of fused-ring (bicyclic) bond motifs is 2. The fourth-order valence-corrected chi connectivity index (χ4v) is 3.69. The van der Waals surface area contributed by atoms with Crippen molar-refractivity contribution in [2.45, 2.75) is 0 Å². The van der Waals surface area contributed by atoms with Crippen LogP contribution in [0.25, 0.3) is 43.1 Å². The van der Waals surface area contributed by atoms with Gasteiger partial charge in [-0.15, -0.1) is 0 Å². The average Bonchev–Trinajstić information content (AvgIpc) is 2.55. The van der Waals surface area contributed by atoms with E-state index in [1.54, 1.807) is 12.1 Å². The van der Waals surface area contributed by atoms with Crippen LogP contribution in [0.4, 0.5) is 0 Å². The number of hydrogen-bond acceptors (Lipinski definition) is 2. The van der Waals surface area contributed by atoms with Crippen LogP contribution >= 0.6 is 0 Å². The third-order valence-corrected chi connectivity index (χ3v) is 4.60. The summed E-state index contributed by atoms with van der Waals surface area (Å²) in [5.41, 5.74) is 0. The Balaban J connectivity index is 2.31. The molecule has 2 nitrogen and oxygen atoms in total. The molecule has 0 saturated heterocycles. The van der Waals surface area contributed by atoms with Gasteiger partial charge in [-0.1, -0.05) is 42.5 Å². The standard InChI is InChI=1S/C20H12O2/c21-16-10-8-15-19-13(5-2-6-14(16)19)12-4-1-3-11-7-9-17(22)20(15)18(11)12/h1-10,21-22H. The zero-order valence-electron chi connectivity index (χ0n) is 11.7. The van der Waals surface area contributed by atoms with Gasteiger partial charge in [-0.05, 0) is 39.7 Å². The Morgan fingerprint density at radius 1 is 0.455 bits per heavy atom. The van der Waals surface area contributed by atoms with E-state index >= 15 is 0 Å². The van der Waals surface area contributed by atoms with Gasteiger partial charge in [-0.3, -0.25) is 0 Å². The smallest absolute Gasteiger partial charge is 0.124 e. The third kappa shape index (κ3) is 1.25. The van der Waals surface area contributed by atoms with Crippen molar-refractivity contribution in [2.75, 3.05) is 0 Å². The SMILES string of the molecule is Oc1ccc2c3c(O)ccc4cccc(c5cccc1c52)c43. The van der Waals surface area contributed by atoms with Crippen molar-refractivity contribution in [2.24, 2.45) is 0 Å². The quantitative estimate of drug-likeness (QED) is 0.305. The normalized spacial score (nSPS) is 12.0. The minimum atomic E-state index is 0.270. The second-order valence-corrected chi connectivity index (χ2v) is 5.72. The summed E-state index contributed by atoms with van der Waals surface area (Å²) in [6.45, 7) is 0. The molecule has 5 aromatic carbocycles. The van der Waals surface area contributed by atoms with E-state index in [0.717, 1.165) is 43.1 Å². The molecule has 5 rings (SSSR count). The minimum Gasteiger partial charge on any atom is -0.507 e. The van der Waals surface area contributed by atoms with E-state index in [1.165, 1.54) is 0 Å². The van der Waals surface area contributed by atoms with Crippen LogP contribution in [0, 0.1) is 0 Å². The van der Waals surface area contributed by atoms with Crippen LogP contribution in [0.1, 0.15) is 0 Å². The molecule has 0 heterocycles. The number of phenols is 2. The zero-order chi connectivity index (χ0) is 14.8. The van der Waals surface area contributed by atoms with Gasteiger partial charge >= 0.3 is 0 Å². The minimum absolute atomic E-state index is 0.270. The van der Waals surface area contributed by atoms with Crippen LogP contribution in [0.5, 0.6) is 11.5 Å². The van der Waals surface area contributed by atoms with E-state index in [0.29, 0.717) is 0 Å². The van der Waals surface area contributed by atoms with Crippen LogP contribution in [0.3, 0.4) is 0 Å². The lowest BCUT2D eigenvalue weighted by Crippen LogP contribution is -1.87. The first-order valence-electron chi connectivity index (χ1n) is 7.26. The van der Waals surface area contributed by atoms with Gasteiger partial charge in [0.1, 0.15) is 11.5 Å². The highest BCUT2D eigenvalue weighted by molar-refractivity contribution is 6.34. The van der Waals surface area contributed by atoms with E-state index in [2.05, 4.69) is 18.2 Å². The maximum atomic E-state index is 10.5. The number of hydrogen-bond donors (Lipinski definition) is 2. The van der Waals surface area contributed by atoms with Crippen molar-refractivity contribution < 1.29 is 10.2 Å². The van der Waals surface area contributed by atoms with Crippen LogP contribution in [0.2, 0.25) is 0 Å². The van der Waals surface area contributed by atoms with Crippen molar-refractivity contribution in [3.8, 4) is 11.5 Å². The van der Waals surface area contributed by atoms with E-state index in [-0.39, 0.29) is 11.5 Å². The summed E-state index contributed by atoms with van der Waals surface area (Å²) in [5.74, 6) is 0.549. The first-order valence-corrected chi connectivity index (χ1v) is 7.26. The molecule has 0 fully saturated rings. The second kappa shape index (κ2) is 3.80. The highest BCUT2D eigenvalue weighted by atomic mass is 16.3. The van der Waals surface area contributed by atoms with Crippen LogP contribution in [-0.2, 0) is 0 Å². The van der Waals surface area contributed by atoms with Crippen molar-refractivity contribution in [1.29, 1.82) is 0 Å². The Morgan fingerprint density at radius 3 is 2.00 bits per heavy atom. The summed E-state index contributed by atoms with van der Waals surface area (Å²) >= 11 is 0. The van der Waals surface area contributed by atoms with Gasteiger partial charge in [-0.2, -0.15) is 0 Å². The lowest BCUT2D eigenvalue weighted by molar-refractivity contribution is 0.481. The Hall–Kier alpha value is -3.00. The van der Waals surface area contributed by atoms with Crippen molar-refractivity contribution in [3.05, 3.63) is 60.7 Å². The maximum Gasteiger partial charge on any atom is 0.124 e. The van der Waals surface area contributed by atoms with Gasteiger partial charge in [-0.25, -0.2) is 0 Å². The molecule has 0 aliphatic rings. The van der Waals surface area contributed by atoms with Crippen LogP contribution in [0.15, 0.2) is 60.7 Å². The molecule has 5 aromatic rings. The topological polar surface area (TPSA) is 40.5 Å². The lowest BCUT2D eigenvalue weighted by atomic mass is 9.89. The third-order valence-electron chi connectivity index (χ3n) is 4.60. The Labute approximate surface area is 126 Å². The first kappa shape index (κ1) is 11.6. The highest BCUT2D eigenvalue weighted by Gasteiger charge is 2.16. The Bertz CT molecular complexity index is 1180. The number of rotatable bonds is 0. The zero-order valence-corrected chi connectivity index (χ0v) is 11.7. The van der Waals surface area contributed by atoms with Gasteiger partial charge in [0.15, 0.2) is 0 Å². The molecule has 0 saturated carbocycles. The van der Waals surface area contributed by atoms with Crippen LogP contribution in [-0.4, -0.2) is 10.2 Å². The molecule has 0 aliphatic carbocycles. The van der Waals surface area contributed by atoms with Crippen molar-refractivity contribution in [3.63, 3.8) is 0 Å². The van der Waals surface area contributed by atoms with Gasteiger partial charge in [0.25, 0.3) is 0 Å². The summed E-state index contributed by atoms with van der Waals surface area (Å²) in [6, 6.07) is 19.4. The highest BCUT2D eigenvalue weighted by Crippen LogP contribution is 2.44. The summed E-state index contributed by atoms with van der Waals surface area (Å²) < 4.78 is 0. The van der Waals surface area contributed by atoms with Gasteiger partial charge < -0.3 is 10.2 Å². The predicted molar refractivity (Wildman–Crippen MR) is 91.0 cm³/mol. The fourth-order valence-electron chi connectivity index (χ4n) is 3.69. The van der Waals surface area contributed by atoms with Gasteiger partial charge in [0.2, 0.25) is 0 Å². The molecule has 0 radical (unpaired) electrons. The van der Waals surface area contributed by atoms with E-state index in [1.807, 2.05) is 30.3 Å². The predicted octanol–water partition coefficient (Wildman–Crippen LogP) is 5.15. The molecule has 0 bridgehead atoms. The largest absolute Gasteiger partial charge is 0.507 e. The average molecular weight is 284 g/mol. The number of phenolic OH excluding ortho intramolecular Hbond substituents is 2. The molecule has 0 aliphatic heterocycles. The van der Waals surface area contributed by atoms with E-state index in [9.17, 15) is 10.2 Å². The van der Waals surface area contributed by atoms with Crippen LogP contribution < -0.4 is 0 Å². The molecular formula is C20H12O2. The number of benzene rings is 5.